The molecule has 0 aliphatic carbocycles. The normalized spacial score (nSPS) is 17.8. The number of rotatable bonds is 9. The topological polar surface area (TPSA) is 88.8 Å². The number of H-pyrrole nitrogens is 1. The first kappa shape index (κ1) is 29.5. The van der Waals surface area contributed by atoms with Gasteiger partial charge < -0.3 is 30.2 Å². The van der Waals surface area contributed by atoms with Crippen LogP contribution in [0.1, 0.15) is 26.7 Å². The van der Waals surface area contributed by atoms with Crippen molar-refractivity contribution >= 4 is 50.4 Å². The van der Waals surface area contributed by atoms with E-state index in [9.17, 15) is 4.21 Å². The fourth-order valence-electron chi connectivity index (χ4n) is 6.14. The molecule has 2 aromatic carbocycles. The molecule has 2 fully saturated rings. The third kappa shape index (κ3) is 6.51. The van der Waals surface area contributed by atoms with Crippen molar-refractivity contribution in [3.63, 3.8) is 0 Å². The zero-order valence-electron chi connectivity index (χ0n) is 25.6. The number of aromatic nitrogens is 2. The smallest absolute Gasteiger partial charge is 0.144 e. The zero-order chi connectivity index (χ0) is 29.9. The van der Waals surface area contributed by atoms with Gasteiger partial charge in [0.1, 0.15) is 17.2 Å². The average Bonchev–Trinajstić information content (AvgIpc) is 3.51. The molecule has 6 rings (SSSR count). The van der Waals surface area contributed by atoms with Gasteiger partial charge in [-0.2, -0.15) is 0 Å². The molecule has 0 radical (unpaired) electrons. The Morgan fingerprint density at radius 2 is 1.70 bits per heavy atom. The highest BCUT2D eigenvalue weighted by atomic mass is 32.2. The lowest BCUT2D eigenvalue weighted by molar-refractivity contribution is 0.0982. The van der Waals surface area contributed by atoms with Crippen molar-refractivity contribution < 1.29 is 8.95 Å². The maximum atomic E-state index is 13.0. The quantitative estimate of drug-likeness (QED) is 0.222. The third-order valence-corrected chi connectivity index (χ3v) is 10.3. The molecule has 3 N–H and O–H groups in total. The highest BCUT2D eigenvalue weighted by Crippen LogP contribution is 2.36. The highest BCUT2D eigenvalue weighted by molar-refractivity contribution is 7.85. The van der Waals surface area contributed by atoms with E-state index < -0.39 is 10.8 Å². The molecule has 0 saturated carbocycles. The number of hydrogen-bond donors (Lipinski definition) is 3. The molecule has 1 atom stereocenters. The first-order valence-corrected chi connectivity index (χ1v) is 16.5. The van der Waals surface area contributed by atoms with Gasteiger partial charge in [0.25, 0.3) is 0 Å². The second kappa shape index (κ2) is 13.0. The molecule has 43 heavy (non-hydrogen) atoms. The number of benzene rings is 2. The van der Waals surface area contributed by atoms with Crippen molar-refractivity contribution in [1.82, 2.24) is 19.8 Å². The number of para-hydroxylation sites is 1. The van der Waals surface area contributed by atoms with E-state index in [1.807, 2.05) is 56.4 Å². The van der Waals surface area contributed by atoms with E-state index in [-0.39, 0.29) is 5.25 Å². The van der Waals surface area contributed by atoms with Crippen LogP contribution in [0.5, 0.6) is 5.75 Å². The summed E-state index contributed by atoms with van der Waals surface area (Å²) in [4.78, 5) is 16.4. The molecule has 228 valence electrons. The van der Waals surface area contributed by atoms with Gasteiger partial charge in [-0.3, -0.25) is 9.11 Å². The van der Waals surface area contributed by atoms with Crippen LogP contribution in [0.2, 0.25) is 0 Å². The summed E-state index contributed by atoms with van der Waals surface area (Å²) in [6.45, 7) is 10.7. The fraction of sp³-hybridized carbons (Fsp3) is 0.424. The number of methoxy groups -OCH3 is 1. The Kier molecular flexibility index (Phi) is 8.88. The van der Waals surface area contributed by atoms with Gasteiger partial charge in [0.15, 0.2) is 0 Å². The number of piperazine rings is 1. The van der Waals surface area contributed by atoms with Crippen LogP contribution in [0.3, 0.4) is 0 Å². The zero-order valence-corrected chi connectivity index (χ0v) is 26.4. The number of piperidine rings is 1. The molecule has 2 aliphatic rings. The van der Waals surface area contributed by atoms with Crippen LogP contribution in [-0.4, -0.2) is 88.7 Å². The fourth-order valence-corrected chi connectivity index (χ4v) is 7.20. The van der Waals surface area contributed by atoms with Crippen LogP contribution in [0.25, 0.3) is 11.0 Å². The standard InChI is InChI=1S/C33H43N7O2S/c1-23(2)43(41)31-8-6-5-7-28(31)35-29-22-32(37-33-26(29)11-14-34-33)36-27-10-9-25(21-30(27)42-4)39-15-12-24(13-16-39)40-19-17-38(3)18-20-40/h5-11,14,21-24H,12-13,15-20H2,1-4H3,(H3,34,35,36,37). The minimum absolute atomic E-state index is 0.0173. The van der Waals surface area contributed by atoms with Gasteiger partial charge in [0, 0.05) is 80.0 Å². The number of hydrogen-bond acceptors (Lipinski definition) is 8. The highest BCUT2D eigenvalue weighted by Gasteiger charge is 2.27. The number of ether oxygens (including phenoxy) is 1. The number of fused-ring (bicyclic) bond motifs is 1. The van der Waals surface area contributed by atoms with E-state index in [4.69, 9.17) is 9.72 Å². The van der Waals surface area contributed by atoms with Crippen molar-refractivity contribution in [3.8, 4) is 5.75 Å². The average molecular weight is 602 g/mol. The van der Waals surface area contributed by atoms with E-state index in [2.05, 4.69) is 55.6 Å². The van der Waals surface area contributed by atoms with E-state index in [1.165, 1.54) is 44.7 Å². The van der Waals surface area contributed by atoms with Gasteiger partial charge in [-0.25, -0.2) is 4.98 Å². The number of nitrogens with one attached hydrogen (secondary N) is 3. The first-order chi connectivity index (χ1) is 20.9. The molecule has 0 bridgehead atoms. The van der Waals surface area contributed by atoms with Crippen LogP contribution in [-0.2, 0) is 10.8 Å². The van der Waals surface area contributed by atoms with E-state index in [1.54, 1.807) is 7.11 Å². The predicted molar refractivity (Wildman–Crippen MR) is 178 cm³/mol. The van der Waals surface area contributed by atoms with E-state index >= 15 is 0 Å². The van der Waals surface area contributed by atoms with Gasteiger partial charge in [-0.1, -0.05) is 26.0 Å². The molecule has 4 aromatic rings. The molecule has 2 saturated heterocycles. The van der Waals surface area contributed by atoms with E-state index in [0.29, 0.717) is 11.9 Å². The van der Waals surface area contributed by atoms with Crippen molar-refractivity contribution in [2.24, 2.45) is 0 Å². The van der Waals surface area contributed by atoms with Gasteiger partial charge in [0.2, 0.25) is 0 Å². The Balaban J connectivity index is 1.19. The molecular formula is C33H43N7O2S. The van der Waals surface area contributed by atoms with Gasteiger partial charge in [-0.05, 0) is 50.2 Å². The maximum absolute atomic E-state index is 13.0. The number of likely N-dealkylation sites (N-methyl/N-ethyl adjacent to an activating group) is 1. The monoisotopic (exact) mass is 601 g/mol. The minimum Gasteiger partial charge on any atom is -0.494 e. The molecule has 10 heteroatoms. The summed E-state index contributed by atoms with van der Waals surface area (Å²) >= 11 is 0. The summed E-state index contributed by atoms with van der Waals surface area (Å²) in [6, 6.07) is 18.8. The third-order valence-electron chi connectivity index (χ3n) is 8.66. The number of nitrogens with zero attached hydrogens (tertiary/aromatic N) is 4. The van der Waals surface area contributed by atoms with Crippen LogP contribution in [0.4, 0.5) is 28.6 Å². The molecule has 4 heterocycles. The lowest BCUT2D eigenvalue weighted by Crippen LogP contribution is -2.52. The summed E-state index contributed by atoms with van der Waals surface area (Å²) < 4.78 is 18.9. The summed E-state index contributed by atoms with van der Waals surface area (Å²) in [5.74, 6) is 1.46. The predicted octanol–water partition coefficient (Wildman–Crippen LogP) is 5.79. The molecule has 1 unspecified atom stereocenters. The van der Waals surface area contributed by atoms with Gasteiger partial charge in [0.05, 0.1) is 39.9 Å². The molecule has 0 spiro atoms. The number of pyridine rings is 1. The lowest BCUT2D eigenvalue weighted by atomic mass is 10.0. The van der Waals surface area contributed by atoms with Crippen molar-refractivity contribution in [1.29, 1.82) is 0 Å². The van der Waals surface area contributed by atoms with Gasteiger partial charge >= 0.3 is 0 Å². The second-order valence-corrected chi connectivity index (χ2v) is 13.8. The molecule has 2 aromatic heterocycles. The SMILES string of the molecule is COc1cc(N2CCC(N3CCN(C)CC3)CC2)ccc1Nc1cc(Nc2ccccc2S(=O)C(C)C)c2cc[nH]c2n1. The van der Waals surface area contributed by atoms with Crippen LogP contribution in [0.15, 0.2) is 65.7 Å². The van der Waals surface area contributed by atoms with Crippen molar-refractivity contribution in [2.45, 2.75) is 42.9 Å². The summed E-state index contributed by atoms with van der Waals surface area (Å²) in [6.07, 6.45) is 4.26. The Morgan fingerprint density at radius 3 is 2.44 bits per heavy atom. The van der Waals surface area contributed by atoms with Gasteiger partial charge in [-0.15, -0.1) is 0 Å². The van der Waals surface area contributed by atoms with Crippen LogP contribution < -0.4 is 20.3 Å². The van der Waals surface area contributed by atoms with Crippen LogP contribution in [0, 0.1) is 0 Å². The lowest BCUT2D eigenvalue weighted by Gasteiger charge is -2.42. The van der Waals surface area contributed by atoms with E-state index in [0.717, 1.165) is 51.8 Å². The Labute approximate surface area is 257 Å². The van der Waals surface area contributed by atoms with Crippen molar-refractivity contribution in [2.75, 3.05) is 69.0 Å². The summed E-state index contributed by atoms with van der Waals surface area (Å²) in [7, 11) is 2.81. The molecule has 0 amide bonds. The summed E-state index contributed by atoms with van der Waals surface area (Å²) in [5.41, 5.74) is 4.50. The Morgan fingerprint density at radius 1 is 0.930 bits per heavy atom. The molecule has 9 nitrogen and oxygen atoms in total. The Hall–Kier alpha value is -3.60. The number of anilines is 5. The second-order valence-electron chi connectivity index (χ2n) is 11.8. The largest absolute Gasteiger partial charge is 0.494 e. The molecule has 2 aliphatic heterocycles. The van der Waals surface area contributed by atoms with Crippen LogP contribution >= 0.6 is 0 Å². The summed E-state index contributed by atoms with van der Waals surface area (Å²) in [5, 5.41) is 8.00. The molecular weight excluding hydrogens is 558 g/mol. The first-order valence-electron chi connectivity index (χ1n) is 15.3. The minimum atomic E-state index is -1.12. The number of aromatic amines is 1. The van der Waals surface area contributed by atoms with Crippen molar-refractivity contribution in [3.05, 3.63) is 60.8 Å². The maximum Gasteiger partial charge on any atom is 0.144 e. The Bertz CT molecular complexity index is 1570.